The molecule has 1 aromatic heterocycles. The molecule has 3 amide bonds. The number of carbonyl (C=O) groups excluding carboxylic acids is 3. The normalized spacial score (nSPS) is 11.8. The van der Waals surface area contributed by atoms with Crippen molar-refractivity contribution < 1.29 is 14.4 Å². The Bertz CT molecular complexity index is 2210. The minimum atomic E-state index is -0.607. The van der Waals surface area contributed by atoms with Crippen LogP contribution in [0, 0.1) is 0 Å². The third-order valence-corrected chi connectivity index (χ3v) is 10.6. The number of carbonyl (C=O) groups is 3. The van der Waals surface area contributed by atoms with Crippen molar-refractivity contribution in [3.05, 3.63) is 170 Å². The number of hydrogen-bond donors (Lipinski definition) is 3. The van der Waals surface area contributed by atoms with Gasteiger partial charge in [-0.15, -0.1) is 23.1 Å². The van der Waals surface area contributed by atoms with Gasteiger partial charge >= 0.3 is 0 Å². The van der Waals surface area contributed by atoms with Crippen molar-refractivity contribution in [3.8, 4) is 11.3 Å². The molecule has 7 nitrogen and oxygen atoms in total. The molecular formula is C39H27Cl3N4O3S2. The third-order valence-electron chi connectivity index (χ3n) is 7.40. The van der Waals surface area contributed by atoms with Gasteiger partial charge < -0.3 is 16.0 Å². The van der Waals surface area contributed by atoms with Gasteiger partial charge in [0.2, 0.25) is 5.91 Å². The van der Waals surface area contributed by atoms with Crippen molar-refractivity contribution in [2.45, 2.75) is 10.1 Å². The maximum absolute atomic E-state index is 13.7. The lowest BCUT2D eigenvalue weighted by Crippen LogP contribution is -2.30. The van der Waals surface area contributed by atoms with Crippen molar-refractivity contribution in [2.24, 2.45) is 0 Å². The van der Waals surface area contributed by atoms with E-state index in [1.165, 1.54) is 29.2 Å². The average molecular weight is 770 g/mol. The molecule has 0 spiro atoms. The van der Waals surface area contributed by atoms with E-state index in [1.807, 2.05) is 66.0 Å². The second kappa shape index (κ2) is 16.9. The molecule has 0 fully saturated rings. The molecule has 0 saturated carbocycles. The topological polar surface area (TPSA) is 100 Å². The van der Waals surface area contributed by atoms with Crippen LogP contribution in [0.5, 0.6) is 0 Å². The molecule has 0 aliphatic rings. The summed E-state index contributed by atoms with van der Waals surface area (Å²) < 4.78 is 0. The van der Waals surface area contributed by atoms with E-state index in [0.29, 0.717) is 37.7 Å². The van der Waals surface area contributed by atoms with Gasteiger partial charge in [0.1, 0.15) is 10.9 Å². The molecule has 0 aliphatic heterocycles. The second-order valence-corrected chi connectivity index (χ2v) is 14.1. The van der Waals surface area contributed by atoms with Gasteiger partial charge in [0.05, 0.1) is 15.7 Å². The number of amides is 3. The molecule has 254 valence electrons. The van der Waals surface area contributed by atoms with Gasteiger partial charge in [-0.05, 0) is 65.7 Å². The molecule has 12 heteroatoms. The minimum Gasteiger partial charge on any atom is -0.321 e. The Morgan fingerprint density at radius 2 is 1.39 bits per heavy atom. The lowest BCUT2D eigenvalue weighted by Gasteiger charge is -2.17. The molecule has 3 N–H and O–H groups in total. The zero-order chi connectivity index (χ0) is 35.7. The molecule has 5 aromatic carbocycles. The number of thioether (sulfide) groups is 1. The maximum atomic E-state index is 13.7. The second-order valence-electron chi connectivity index (χ2n) is 10.9. The number of thiazole rings is 1. The molecule has 51 heavy (non-hydrogen) atoms. The first-order chi connectivity index (χ1) is 24.7. The Kier molecular flexibility index (Phi) is 11.9. The molecule has 0 aliphatic carbocycles. The van der Waals surface area contributed by atoms with Gasteiger partial charge in [-0.3, -0.25) is 14.4 Å². The Hall–Kier alpha value is -4.90. The number of rotatable bonds is 11. The molecule has 0 saturated heterocycles. The first-order valence-corrected chi connectivity index (χ1v) is 18.3. The monoisotopic (exact) mass is 768 g/mol. The van der Waals surface area contributed by atoms with Crippen molar-refractivity contribution in [3.63, 3.8) is 0 Å². The Morgan fingerprint density at radius 1 is 0.725 bits per heavy atom. The van der Waals surface area contributed by atoms with Crippen LogP contribution in [0.3, 0.4) is 0 Å². The van der Waals surface area contributed by atoms with E-state index >= 15 is 0 Å². The lowest BCUT2D eigenvalue weighted by atomic mass is 10.1. The van der Waals surface area contributed by atoms with Crippen molar-refractivity contribution >= 4 is 92.5 Å². The predicted octanol–water partition coefficient (Wildman–Crippen LogP) is 10.7. The van der Waals surface area contributed by atoms with E-state index in [4.69, 9.17) is 34.8 Å². The van der Waals surface area contributed by atoms with Gasteiger partial charge in [-0.1, -0.05) is 114 Å². The number of anilines is 2. The smallest absolute Gasteiger partial charge is 0.272 e. The van der Waals surface area contributed by atoms with Crippen LogP contribution in [-0.2, 0) is 9.59 Å². The van der Waals surface area contributed by atoms with E-state index in [1.54, 1.807) is 66.7 Å². The van der Waals surface area contributed by atoms with Crippen LogP contribution in [0.25, 0.3) is 17.3 Å². The Labute approximate surface area is 317 Å². The number of halogens is 3. The fourth-order valence-electron chi connectivity index (χ4n) is 4.88. The summed E-state index contributed by atoms with van der Waals surface area (Å²) in [6.07, 6.45) is 1.47. The SMILES string of the molecule is O=C(Nc1ccc(SC(C(=O)Nc2nc(-c3ccccc3Cl)cs2)c2ccccc2)cc1)/C(=C/c1cccc(Cl)c1Cl)NC(=O)c1ccccc1. The number of benzene rings is 5. The molecule has 6 aromatic rings. The predicted molar refractivity (Wildman–Crippen MR) is 210 cm³/mol. The Morgan fingerprint density at radius 3 is 2.12 bits per heavy atom. The summed E-state index contributed by atoms with van der Waals surface area (Å²) in [6, 6.07) is 37.5. The lowest BCUT2D eigenvalue weighted by molar-refractivity contribution is -0.116. The summed E-state index contributed by atoms with van der Waals surface area (Å²) in [6.45, 7) is 0. The first-order valence-electron chi connectivity index (χ1n) is 15.4. The van der Waals surface area contributed by atoms with Crippen LogP contribution in [0.4, 0.5) is 10.8 Å². The van der Waals surface area contributed by atoms with Crippen LogP contribution < -0.4 is 16.0 Å². The fourth-order valence-corrected chi connectivity index (χ4v) is 7.21. The van der Waals surface area contributed by atoms with Gasteiger partial charge in [0.25, 0.3) is 11.8 Å². The number of hydrogen-bond acceptors (Lipinski definition) is 6. The van der Waals surface area contributed by atoms with Crippen molar-refractivity contribution in [1.29, 1.82) is 0 Å². The van der Waals surface area contributed by atoms with E-state index in [-0.39, 0.29) is 16.6 Å². The van der Waals surface area contributed by atoms with Crippen LogP contribution in [0.2, 0.25) is 15.1 Å². The quantitative estimate of drug-likeness (QED) is 0.0900. The highest BCUT2D eigenvalue weighted by Gasteiger charge is 2.24. The number of nitrogens with one attached hydrogen (secondary N) is 3. The molecule has 6 rings (SSSR count). The van der Waals surface area contributed by atoms with Crippen LogP contribution >= 0.6 is 57.9 Å². The third kappa shape index (κ3) is 9.26. The highest BCUT2D eigenvalue weighted by molar-refractivity contribution is 8.00. The van der Waals surface area contributed by atoms with Gasteiger partial charge in [-0.25, -0.2) is 4.98 Å². The number of aromatic nitrogens is 1. The molecule has 0 bridgehead atoms. The Balaban J connectivity index is 1.18. The van der Waals surface area contributed by atoms with E-state index in [9.17, 15) is 14.4 Å². The minimum absolute atomic E-state index is 0.0350. The van der Waals surface area contributed by atoms with E-state index < -0.39 is 17.1 Å². The molecule has 1 heterocycles. The van der Waals surface area contributed by atoms with Gasteiger partial charge in [0.15, 0.2) is 5.13 Å². The fraction of sp³-hybridized carbons (Fsp3) is 0.0256. The van der Waals surface area contributed by atoms with Crippen molar-refractivity contribution in [1.82, 2.24) is 10.3 Å². The number of nitrogens with zero attached hydrogens (tertiary/aromatic N) is 1. The summed E-state index contributed by atoms with van der Waals surface area (Å²) in [7, 11) is 0. The highest BCUT2D eigenvalue weighted by atomic mass is 35.5. The van der Waals surface area contributed by atoms with Crippen LogP contribution in [0.1, 0.15) is 26.7 Å². The summed E-state index contributed by atoms with van der Waals surface area (Å²) in [5.41, 5.74) is 3.54. The summed E-state index contributed by atoms with van der Waals surface area (Å²) >= 11 is 21.6. The standard InChI is InChI=1S/C39H27Cl3N4O3S2/c40-30-16-8-7-15-29(30)33-23-50-39(45-33)46-38(49)35(24-10-3-1-4-11-24)51-28-20-18-27(19-21-28)43-37(48)32(22-26-14-9-17-31(41)34(26)42)44-36(47)25-12-5-2-6-13-25/h1-23,35H,(H,43,48)(H,44,47)(H,45,46,49)/b32-22-. The highest BCUT2D eigenvalue weighted by Crippen LogP contribution is 2.38. The molecule has 1 atom stereocenters. The largest absolute Gasteiger partial charge is 0.321 e. The zero-order valence-electron chi connectivity index (χ0n) is 26.5. The van der Waals surface area contributed by atoms with E-state index in [2.05, 4.69) is 20.9 Å². The first kappa shape index (κ1) is 35.9. The summed E-state index contributed by atoms with van der Waals surface area (Å²) in [4.78, 5) is 45.7. The van der Waals surface area contributed by atoms with Crippen LogP contribution in [0.15, 0.2) is 143 Å². The summed E-state index contributed by atoms with van der Waals surface area (Å²) in [5.74, 6) is -1.28. The van der Waals surface area contributed by atoms with E-state index in [0.717, 1.165) is 16.0 Å². The van der Waals surface area contributed by atoms with Crippen molar-refractivity contribution in [2.75, 3.05) is 10.6 Å². The average Bonchev–Trinajstić information content (AvgIpc) is 3.61. The van der Waals surface area contributed by atoms with Gasteiger partial charge in [-0.2, -0.15) is 0 Å². The maximum Gasteiger partial charge on any atom is 0.272 e. The van der Waals surface area contributed by atoms with Crippen LogP contribution in [-0.4, -0.2) is 22.7 Å². The molecule has 1 unspecified atom stereocenters. The summed E-state index contributed by atoms with van der Waals surface area (Å²) in [5, 5.41) is 11.3. The molecular weight excluding hydrogens is 743 g/mol. The van der Waals surface area contributed by atoms with Gasteiger partial charge in [0, 0.05) is 32.1 Å². The molecule has 0 radical (unpaired) electrons. The zero-order valence-corrected chi connectivity index (χ0v) is 30.4.